The summed E-state index contributed by atoms with van der Waals surface area (Å²) in [5.74, 6) is -0.442. The second-order valence-corrected chi connectivity index (χ2v) is 4.32. The van der Waals surface area contributed by atoms with Gasteiger partial charge in [-0.25, -0.2) is 0 Å². The average Bonchev–Trinajstić information content (AvgIpc) is 2.63. The molecule has 1 N–H and O–H groups in total. The maximum Gasteiger partial charge on any atom is 0.226 e. The first-order valence-corrected chi connectivity index (χ1v) is 5.56. The Bertz CT molecular complexity index is 725. The SMILES string of the molecule is CC(=O)NC1=Cc2nccc3cn(C)c(c23)C1=O. The minimum Gasteiger partial charge on any atom is -0.347 e. The zero-order valence-corrected chi connectivity index (χ0v) is 10.0. The highest BCUT2D eigenvalue weighted by Crippen LogP contribution is 2.30. The number of carbonyl (C=O) groups excluding carboxylic acids is 2. The van der Waals surface area contributed by atoms with Crippen LogP contribution >= 0.6 is 0 Å². The van der Waals surface area contributed by atoms with E-state index in [1.165, 1.54) is 6.92 Å². The molecule has 5 nitrogen and oxygen atoms in total. The van der Waals surface area contributed by atoms with E-state index in [2.05, 4.69) is 10.3 Å². The number of carbonyl (C=O) groups is 2. The molecule has 1 aliphatic rings. The van der Waals surface area contributed by atoms with Crippen molar-refractivity contribution in [3.63, 3.8) is 0 Å². The molecule has 0 spiro atoms. The number of hydrogen-bond acceptors (Lipinski definition) is 3. The Kier molecular flexibility index (Phi) is 2.10. The van der Waals surface area contributed by atoms with Gasteiger partial charge in [0.2, 0.25) is 11.7 Å². The highest BCUT2D eigenvalue weighted by atomic mass is 16.2. The van der Waals surface area contributed by atoms with Gasteiger partial charge in [-0.15, -0.1) is 0 Å². The van der Waals surface area contributed by atoms with E-state index in [0.717, 1.165) is 10.8 Å². The molecule has 1 aliphatic carbocycles. The zero-order valence-electron chi connectivity index (χ0n) is 10.0. The van der Waals surface area contributed by atoms with E-state index in [9.17, 15) is 9.59 Å². The van der Waals surface area contributed by atoms with Gasteiger partial charge < -0.3 is 9.88 Å². The Hall–Kier alpha value is -2.43. The molecule has 2 aromatic heterocycles. The van der Waals surface area contributed by atoms with Crippen LogP contribution < -0.4 is 5.32 Å². The fourth-order valence-electron chi connectivity index (χ4n) is 2.30. The van der Waals surface area contributed by atoms with E-state index in [1.807, 2.05) is 19.3 Å². The van der Waals surface area contributed by atoms with Gasteiger partial charge >= 0.3 is 0 Å². The number of aromatic nitrogens is 2. The summed E-state index contributed by atoms with van der Waals surface area (Å²) < 4.78 is 1.77. The van der Waals surface area contributed by atoms with Crippen LogP contribution in [0.1, 0.15) is 23.1 Å². The summed E-state index contributed by atoms with van der Waals surface area (Å²) in [6, 6.07) is 1.87. The number of ketones is 1. The first-order valence-electron chi connectivity index (χ1n) is 5.56. The molecule has 0 fully saturated rings. The molecule has 2 aromatic rings. The van der Waals surface area contributed by atoms with Crippen LogP contribution in [-0.2, 0) is 11.8 Å². The van der Waals surface area contributed by atoms with Crippen molar-refractivity contribution in [3.05, 3.63) is 35.5 Å². The zero-order chi connectivity index (χ0) is 12.9. The maximum absolute atomic E-state index is 12.3. The summed E-state index contributed by atoms with van der Waals surface area (Å²) >= 11 is 0. The normalized spacial score (nSPS) is 13.7. The lowest BCUT2D eigenvalue weighted by Crippen LogP contribution is -2.27. The minimum absolute atomic E-state index is 0.178. The van der Waals surface area contributed by atoms with E-state index < -0.39 is 0 Å². The summed E-state index contributed by atoms with van der Waals surface area (Å²) in [5.41, 5.74) is 1.56. The predicted molar refractivity (Wildman–Crippen MR) is 66.8 cm³/mol. The Morgan fingerprint density at radius 1 is 1.44 bits per heavy atom. The predicted octanol–water partition coefficient (Wildman–Crippen LogP) is 1.25. The molecular formula is C13H11N3O2. The fraction of sp³-hybridized carbons (Fsp3) is 0.154. The third-order valence-electron chi connectivity index (χ3n) is 2.99. The van der Waals surface area contributed by atoms with Gasteiger partial charge in [-0.05, 0) is 12.1 Å². The van der Waals surface area contributed by atoms with Crippen LogP contribution in [0, 0.1) is 0 Å². The lowest BCUT2D eigenvalue weighted by Gasteiger charge is -2.13. The average molecular weight is 241 g/mol. The molecule has 0 bridgehead atoms. The minimum atomic E-state index is -0.264. The van der Waals surface area contributed by atoms with Gasteiger partial charge in [-0.1, -0.05) is 0 Å². The molecule has 0 unspecified atom stereocenters. The molecule has 0 atom stereocenters. The summed E-state index contributed by atoms with van der Waals surface area (Å²) in [7, 11) is 1.81. The van der Waals surface area contributed by atoms with Gasteiger partial charge in [0.15, 0.2) is 0 Å². The highest BCUT2D eigenvalue weighted by Gasteiger charge is 2.26. The maximum atomic E-state index is 12.3. The lowest BCUT2D eigenvalue weighted by atomic mass is 10.0. The van der Waals surface area contributed by atoms with E-state index in [4.69, 9.17) is 0 Å². The summed E-state index contributed by atoms with van der Waals surface area (Å²) in [6.45, 7) is 1.38. The molecular weight excluding hydrogens is 230 g/mol. The largest absolute Gasteiger partial charge is 0.347 e. The summed E-state index contributed by atoms with van der Waals surface area (Å²) in [6.07, 6.45) is 5.20. The van der Waals surface area contributed by atoms with Crippen molar-refractivity contribution in [2.24, 2.45) is 7.05 Å². The number of hydrogen-bond donors (Lipinski definition) is 1. The van der Waals surface area contributed by atoms with Gasteiger partial charge in [-0.3, -0.25) is 14.6 Å². The lowest BCUT2D eigenvalue weighted by molar-refractivity contribution is -0.118. The molecule has 0 saturated heterocycles. The number of nitrogens with one attached hydrogen (secondary N) is 1. The molecule has 0 aliphatic heterocycles. The summed E-state index contributed by atoms with van der Waals surface area (Å²) in [5, 5.41) is 4.37. The molecule has 0 radical (unpaired) electrons. The van der Waals surface area contributed by atoms with Crippen molar-refractivity contribution in [2.75, 3.05) is 0 Å². The molecule has 1 amide bonds. The van der Waals surface area contributed by atoms with Gasteiger partial charge in [0.25, 0.3) is 0 Å². The highest BCUT2D eigenvalue weighted by molar-refractivity contribution is 6.22. The second-order valence-electron chi connectivity index (χ2n) is 4.32. The van der Waals surface area contributed by atoms with Gasteiger partial charge in [-0.2, -0.15) is 0 Å². The summed E-state index contributed by atoms with van der Waals surface area (Å²) in [4.78, 5) is 27.6. The van der Waals surface area contributed by atoms with Crippen molar-refractivity contribution in [3.8, 4) is 0 Å². The first-order chi connectivity index (χ1) is 8.58. The number of pyridine rings is 1. The molecule has 0 saturated carbocycles. The van der Waals surface area contributed by atoms with E-state index in [1.54, 1.807) is 16.8 Å². The molecule has 90 valence electrons. The van der Waals surface area contributed by atoms with Crippen LogP contribution in [0.15, 0.2) is 24.2 Å². The molecule has 0 aromatic carbocycles. The number of Topliss-reactive ketones (excluding diaryl/α,β-unsaturated/α-hetero) is 1. The topological polar surface area (TPSA) is 64.0 Å². The van der Waals surface area contributed by atoms with Crippen molar-refractivity contribution in [1.82, 2.24) is 14.9 Å². The number of amides is 1. The molecule has 18 heavy (non-hydrogen) atoms. The number of rotatable bonds is 1. The van der Waals surface area contributed by atoms with Crippen molar-refractivity contribution < 1.29 is 9.59 Å². The Morgan fingerprint density at radius 2 is 2.22 bits per heavy atom. The van der Waals surface area contributed by atoms with Crippen LogP contribution in [0.5, 0.6) is 0 Å². The molecule has 3 rings (SSSR count). The van der Waals surface area contributed by atoms with E-state index in [0.29, 0.717) is 11.4 Å². The van der Waals surface area contributed by atoms with E-state index in [-0.39, 0.29) is 17.4 Å². The standard InChI is InChI=1S/C13H11N3O2/c1-7(17)15-10-5-9-11-8(3-4-14-9)6-16(2)12(11)13(10)18/h3-6H,1-2H3,(H,15,17). The van der Waals surface area contributed by atoms with Crippen LogP contribution in [0.25, 0.3) is 16.8 Å². The van der Waals surface area contributed by atoms with Gasteiger partial charge in [0.1, 0.15) is 5.69 Å². The molecule has 2 heterocycles. The Balaban J connectivity index is 2.29. The third-order valence-corrected chi connectivity index (χ3v) is 2.99. The fourth-order valence-corrected chi connectivity index (χ4v) is 2.30. The molecule has 5 heteroatoms. The number of aryl methyl sites for hydroxylation is 1. The van der Waals surface area contributed by atoms with Crippen molar-refractivity contribution >= 4 is 28.5 Å². The van der Waals surface area contributed by atoms with Crippen molar-refractivity contribution in [1.29, 1.82) is 0 Å². The van der Waals surface area contributed by atoms with Crippen LogP contribution in [-0.4, -0.2) is 21.2 Å². The van der Waals surface area contributed by atoms with Gasteiger partial charge in [0, 0.05) is 37.1 Å². The monoisotopic (exact) mass is 241 g/mol. The Morgan fingerprint density at radius 3 is 2.94 bits per heavy atom. The van der Waals surface area contributed by atoms with Gasteiger partial charge in [0.05, 0.1) is 11.4 Å². The Labute approximate surface area is 103 Å². The van der Waals surface area contributed by atoms with Crippen LogP contribution in [0.3, 0.4) is 0 Å². The van der Waals surface area contributed by atoms with E-state index >= 15 is 0 Å². The number of allylic oxidation sites excluding steroid dienone is 1. The van der Waals surface area contributed by atoms with Crippen LogP contribution in [0.2, 0.25) is 0 Å². The quantitative estimate of drug-likeness (QED) is 0.817. The third kappa shape index (κ3) is 1.37. The second kappa shape index (κ2) is 3.53. The van der Waals surface area contributed by atoms with Crippen LogP contribution in [0.4, 0.5) is 0 Å². The smallest absolute Gasteiger partial charge is 0.226 e. The number of nitrogens with zero attached hydrogens (tertiary/aromatic N) is 2. The van der Waals surface area contributed by atoms with Crippen molar-refractivity contribution in [2.45, 2.75) is 6.92 Å². The first kappa shape index (κ1) is 10.7.